The lowest BCUT2D eigenvalue weighted by atomic mass is 9.44. The lowest BCUT2D eigenvalue weighted by Gasteiger charge is -2.62. The molecule has 0 spiro atoms. The van der Waals surface area contributed by atoms with Gasteiger partial charge >= 0.3 is 0 Å². The predicted molar refractivity (Wildman–Crippen MR) is 94.3 cm³/mol. The van der Waals surface area contributed by atoms with Crippen molar-refractivity contribution in [1.29, 1.82) is 0 Å². The molecule has 24 heavy (non-hydrogen) atoms. The second kappa shape index (κ2) is 5.69. The van der Waals surface area contributed by atoms with Crippen molar-refractivity contribution in [3.8, 4) is 0 Å². The molecule has 4 saturated carbocycles. The molecule has 4 aliphatic carbocycles. The van der Waals surface area contributed by atoms with Crippen LogP contribution >= 0.6 is 0 Å². The highest BCUT2D eigenvalue weighted by Gasteiger charge is 2.63. The smallest absolute Gasteiger partial charge is 0.0603 e. The van der Waals surface area contributed by atoms with E-state index in [-0.39, 0.29) is 29.6 Å². The van der Waals surface area contributed by atoms with Gasteiger partial charge in [0.15, 0.2) is 0 Å². The zero-order valence-electron chi connectivity index (χ0n) is 15.6. The molecule has 4 fully saturated rings. The summed E-state index contributed by atoms with van der Waals surface area (Å²) in [7, 11) is 0. The summed E-state index contributed by atoms with van der Waals surface area (Å²) in [4.78, 5) is 0. The predicted octanol–water partition coefficient (Wildman–Crippen LogP) is 3.36. The van der Waals surface area contributed by atoms with Gasteiger partial charge in [-0.2, -0.15) is 0 Å². The number of fused-ring (bicyclic) bond motifs is 5. The normalized spacial score (nSPS) is 58.5. The first kappa shape index (κ1) is 17.3. The van der Waals surface area contributed by atoms with Crippen LogP contribution in [0.2, 0.25) is 0 Å². The van der Waals surface area contributed by atoms with Gasteiger partial charge in [-0.15, -0.1) is 0 Å². The van der Waals surface area contributed by atoms with Gasteiger partial charge < -0.3 is 15.3 Å². The Morgan fingerprint density at radius 1 is 0.917 bits per heavy atom. The van der Waals surface area contributed by atoms with E-state index in [1.807, 2.05) is 6.92 Å². The molecule has 4 rings (SSSR count). The summed E-state index contributed by atoms with van der Waals surface area (Å²) in [5.74, 6) is 2.75. The highest BCUT2D eigenvalue weighted by Crippen LogP contribution is 2.67. The SMILES string of the molecule is CC(O)[C@H]1CC[C@H]2[C@@H]3CCC4CC(O)CC[C@]4(C)[C@H]3CC(O)[C@]12C. The van der Waals surface area contributed by atoms with Crippen molar-refractivity contribution in [2.24, 2.45) is 40.4 Å². The average Bonchev–Trinajstić information content (AvgIpc) is 2.88. The highest BCUT2D eigenvalue weighted by atomic mass is 16.3. The maximum absolute atomic E-state index is 11.2. The first-order valence-electron chi connectivity index (χ1n) is 10.3. The molecular weight excluding hydrogens is 300 g/mol. The molecule has 0 heterocycles. The lowest BCUT2D eigenvalue weighted by Crippen LogP contribution is -2.59. The summed E-state index contributed by atoms with van der Waals surface area (Å²) in [5.41, 5.74) is 0.195. The van der Waals surface area contributed by atoms with E-state index in [0.717, 1.165) is 32.1 Å². The van der Waals surface area contributed by atoms with Crippen molar-refractivity contribution in [2.75, 3.05) is 0 Å². The van der Waals surface area contributed by atoms with Crippen LogP contribution in [0.1, 0.15) is 72.1 Å². The fourth-order valence-electron chi connectivity index (χ4n) is 8.02. The fourth-order valence-corrected chi connectivity index (χ4v) is 8.02. The minimum atomic E-state index is -0.317. The third kappa shape index (κ3) is 2.20. The Morgan fingerprint density at radius 3 is 2.38 bits per heavy atom. The van der Waals surface area contributed by atoms with Crippen LogP contribution in [0.3, 0.4) is 0 Å². The van der Waals surface area contributed by atoms with Crippen LogP contribution in [0.15, 0.2) is 0 Å². The fraction of sp³-hybridized carbons (Fsp3) is 1.00. The van der Waals surface area contributed by atoms with Gasteiger partial charge in [0, 0.05) is 5.41 Å². The monoisotopic (exact) mass is 336 g/mol. The van der Waals surface area contributed by atoms with E-state index in [2.05, 4.69) is 13.8 Å². The summed E-state index contributed by atoms with van der Waals surface area (Å²) in [6.07, 6.45) is 7.97. The molecule has 138 valence electrons. The van der Waals surface area contributed by atoms with Gasteiger partial charge in [-0.05, 0) is 93.3 Å². The van der Waals surface area contributed by atoms with E-state index < -0.39 is 0 Å². The highest BCUT2D eigenvalue weighted by molar-refractivity contribution is 5.12. The number of aliphatic hydroxyl groups excluding tert-OH is 3. The number of hydrogen-bond acceptors (Lipinski definition) is 3. The van der Waals surface area contributed by atoms with Gasteiger partial charge in [-0.25, -0.2) is 0 Å². The molecule has 3 nitrogen and oxygen atoms in total. The summed E-state index contributed by atoms with van der Waals surface area (Å²) < 4.78 is 0. The molecule has 0 radical (unpaired) electrons. The van der Waals surface area contributed by atoms with Gasteiger partial charge in [0.05, 0.1) is 18.3 Å². The van der Waals surface area contributed by atoms with Gasteiger partial charge in [0.2, 0.25) is 0 Å². The van der Waals surface area contributed by atoms with E-state index in [4.69, 9.17) is 0 Å². The van der Waals surface area contributed by atoms with Crippen LogP contribution in [0.25, 0.3) is 0 Å². The number of rotatable bonds is 1. The molecule has 0 saturated heterocycles. The maximum Gasteiger partial charge on any atom is 0.0603 e. The van der Waals surface area contributed by atoms with Gasteiger partial charge in [0.25, 0.3) is 0 Å². The minimum absolute atomic E-state index is 0.104. The Labute approximate surface area is 146 Å². The van der Waals surface area contributed by atoms with Crippen molar-refractivity contribution in [3.63, 3.8) is 0 Å². The Bertz CT molecular complexity index is 491. The zero-order chi connectivity index (χ0) is 17.3. The zero-order valence-corrected chi connectivity index (χ0v) is 15.6. The second-order valence-electron chi connectivity index (χ2n) is 10.1. The van der Waals surface area contributed by atoms with Crippen molar-refractivity contribution in [2.45, 2.75) is 90.4 Å². The van der Waals surface area contributed by atoms with Crippen molar-refractivity contribution in [1.82, 2.24) is 0 Å². The molecule has 4 unspecified atom stereocenters. The summed E-state index contributed by atoms with van der Waals surface area (Å²) in [5, 5.41) is 31.6. The molecule has 3 N–H and O–H groups in total. The van der Waals surface area contributed by atoms with E-state index >= 15 is 0 Å². The Morgan fingerprint density at radius 2 is 1.67 bits per heavy atom. The van der Waals surface area contributed by atoms with Crippen LogP contribution < -0.4 is 0 Å². The Kier molecular flexibility index (Phi) is 4.10. The maximum atomic E-state index is 11.2. The first-order valence-corrected chi connectivity index (χ1v) is 10.3. The Hall–Kier alpha value is -0.120. The molecule has 4 aliphatic rings. The Balaban J connectivity index is 1.65. The van der Waals surface area contributed by atoms with Gasteiger partial charge in [-0.3, -0.25) is 0 Å². The number of aliphatic hydroxyl groups is 3. The summed E-state index contributed by atoms with van der Waals surface area (Å²) in [6.45, 7) is 6.64. The minimum Gasteiger partial charge on any atom is -0.393 e. The third-order valence-corrected chi connectivity index (χ3v) is 9.40. The van der Waals surface area contributed by atoms with E-state index in [1.165, 1.54) is 19.3 Å². The molecule has 0 aromatic carbocycles. The topological polar surface area (TPSA) is 60.7 Å². The van der Waals surface area contributed by atoms with Crippen LogP contribution in [0, 0.1) is 40.4 Å². The van der Waals surface area contributed by atoms with Crippen molar-refractivity contribution in [3.05, 3.63) is 0 Å². The molecule has 0 aromatic rings. The van der Waals surface area contributed by atoms with Crippen LogP contribution in [-0.2, 0) is 0 Å². The molecule has 0 bridgehead atoms. The van der Waals surface area contributed by atoms with Crippen molar-refractivity contribution < 1.29 is 15.3 Å². The molecule has 0 amide bonds. The lowest BCUT2D eigenvalue weighted by molar-refractivity contribution is -0.178. The molecule has 3 heteroatoms. The summed E-state index contributed by atoms with van der Waals surface area (Å²) in [6, 6.07) is 0. The van der Waals surface area contributed by atoms with E-state index in [9.17, 15) is 15.3 Å². The van der Waals surface area contributed by atoms with E-state index in [1.54, 1.807) is 0 Å². The van der Waals surface area contributed by atoms with E-state index in [0.29, 0.717) is 29.1 Å². The molecular formula is C21H36O3. The van der Waals surface area contributed by atoms with Crippen LogP contribution in [-0.4, -0.2) is 33.6 Å². The molecule has 10 atom stereocenters. The second-order valence-corrected chi connectivity index (χ2v) is 10.1. The molecule has 0 aliphatic heterocycles. The molecule has 0 aromatic heterocycles. The third-order valence-electron chi connectivity index (χ3n) is 9.40. The quantitative estimate of drug-likeness (QED) is 0.688. The van der Waals surface area contributed by atoms with Gasteiger partial charge in [0.1, 0.15) is 0 Å². The first-order chi connectivity index (χ1) is 11.3. The average molecular weight is 337 g/mol. The van der Waals surface area contributed by atoms with Crippen LogP contribution in [0.4, 0.5) is 0 Å². The largest absolute Gasteiger partial charge is 0.393 e. The standard InChI is InChI=1S/C21H36O3/c1-12(22)16-6-7-17-15-5-4-13-10-14(23)8-9-20(13,2)18(15)11-19(24)21(16,17)3/h12-19,22-24H,4-11H2,1-3H3/t12?,13?,14?,15-,16+,17-,18-,19?,20-,21+/m0/s1. The van der Waals surface area contributed by atoms with Gasteiger partial charge in [-0.1, -0.05) is 13.8 Å². The van der Waals surface area contributed by atoms with Crippen molar-refractivity contribution >= 4 is 0 Å². The number of hydrogen-bond donors (Lipinski definition) is 3. The summed E-state index contributed by atoms with van der Waals surface area (Å²) >= 11 is 0. The van der Waals surface area contributed by atoms with Crippen LogP contribution in [0.5, 0.6) is 0 Å².